The van der Waals surface area contributed by atoms with Crippen LogP contribution in [0.3, 0.4) is 0 Å². The maximum Gasteiger partial charge on any atom is 0.240 e. The van der Waals surface area contributed by atoms with Crippen LogP contribution in [0.25, 0.3) is 0 Å². The third kappa shape index (κ3) is 3.55. The van der Waals surface area contributed by atoms with Gasteiger partial charge in [0.05, 0.1) is 6.54 Å². The fraction of sp³-hybridized carbons (Fsp3) is 0.857. The van der Waals surface area contributed by atoms with E-state index < -0.39 is 0 Å². The van der Waals surface area contributed by atoms with Crippen molar-refractivity contribution >= 4 is 0 Å². The quantitative estimate of drug-likeness (QED) is 0.788. The molecule has 1 aliphatic rings. The first-order valence-electron chi connectivity index (χ1n) is 7.36. The highest BCUT2D eigenvalue weighted by atomic mass is 16.5. The molecule has 4 heteroatoms. The molecule has 0 saturated heterocycles. The lowest BCUT2D eigenvalue weighted by atomic mass is 9.80. The molecule has 1 aromatic heterocycles. The molecule has 2 atom stereocenters. The number of nitrogens with one attached hydrogen (secondary N) is 1. The SMILES string of the molecule is CCCNCc1nc(C2CCCC(CC)C2)no1. The zero-order valence-corrected chi connectivity index (χ0v) is 11.6. The molecule has 1 aromatic rings. The first-order valence-corrected chi connectivity index (χ1v) is 7.36. The molecule has 2 rings (SSSR count). The van der Waals surface area contributed by atoms with Gasteiger partial charge in [-0.25, -0.2) is 0 Å². The number of nitrogens with zero attached hydrogens (tertiary/aromatic N) is 2. The molecule has 1 N–H and O–H groups in total. The van der Waals surface area contributed by atoms with Gasteiger partial charge >= 0.3 is 0 Å². The van der Waals surface area contributed by atoms with Gasteiger partial charge in [0.2, 0.25) is 5.89 Å². The van der Waals surface area contributed by atoms with Crippen molar-refractivity contribution < 1.29 is 4.52 Å². The van der Waals surface area contributed by atoms with Crippen LogP contribution >= 0.6 is 0 Å². The van der Waals surface area contributed by atoms with Gasteiger partial charge in [-0.3, -0.25) is 0 Å². The summed E-state index contributed by atoms with van der Waals surface area (Å²) in [5.74, 6) is 3.04. The van der Waals surface area contributed by atoms with Crippen molar-refractivity contribution in [1.82, 2.24) is 15.5 Å². The van der Waals surface area contributed by atoms with Gasteiger partial charge in [0.1, 0.15) is 0 Å². The van der Waals surface area contributed by atoms with Crippen LogP contribution in [0.5, 0.6) is 0 Å². The predicted octanol–water partition coefficient (Wildman–Crippen LogP) is 3.25. The highest BCUT2D eigenvalue weighted by Crippen LogP contribution is 2.36. The van der Waals surface area contributed by atoms with Crippen LogP contribution in [0.2, 0.25) is 0 Å². The second kappa shape index (κ2) is 6.88. The van der Waals surface area contributed by atoms with Crippen LogP contribution in [0.1, 0.15) is 70.0 Å². The first kappa shape index (κ1) is 13.5. The number of aromatic nitrogens is 2. The first-order chi connectivity index (χ1) is 8.83. The van der Waals surface area contributed by atoms with Gasteiger partial charge in [-0.05, 0) is 31.7 Å². The molecule has 2 unspecified atom stereocenters. The minimum absolute atomic E-state index is 0.521. The lowest BCUT2D eigenvalue weighted by molar-refractivity contribution is 0.297. The molecule has 1 fully saturated rings. The molecule has 0 radical (unpaired) electrons. The van der Waals surface area contributed by atoms with Crippen molar-refractivity contribution in [2.45, 2.75) is 64.8 Å². The Morgan fingerprint density at radius 3 is 3.00 bits per heavy atom. The van der Waals surface area contributed by atoms with Gasteiger partial charge < -0.3 is 9.84 Å². The maximum absolute atomic E-state index is 5.31. The van der Waals surface area contributed by atoms with Crippen LogP contribution in [0, 0.1) is 5.92 Å². The van der Waals surface area contributed by atoms with E-state index in [9.17, 15) is 0 Å². The summed E-state index contributed by atoms with van der Waals surface area (Å²) in [6, 6.07) is 0. The summed E-state index contributed by atoms with van der Waals surface area (Å²) in [6.45, 7) is 6.13. The van der Waals surface area contributed by atoms with Crippen molar-refractivity contribution in [2.24, 2.45) is 5.92 Å². The Bertz CT molecular complexity index is 351. The van der Waals surface area contributed by atoms with Crippen LogP contribution in [0.15, 0.2) is 4.52 Å². The fourth-order valence-electron chi connectivity index (χ4n) is 2.77. The van der Waals surface area contributed by atoms with E-state index in [0.717, 1.165) is 30.6 Å². The van der Waals surface area contributed by atoms with Crippen molar-refractivity contribution in [1.29, 1.82) is 0 Å². The smallest absolute Gasteiger partial charge is 0.240 e. The van der Waals surface area contributed by atoms with Crippen LogP contribution in [0.4, 0.5) is 0 Å². The average molecular weight is 251 g/mol. The van der Waals surface area contributed by atoms with Gasteiger partial charge in [-0.2, -0.15) is 4.98 Å². The third-order valence-corrected chi connectivity index (χ3v) is 3.91. The van der Waals surface area contributed by atoms with E-state index in [1.165, 1.54) is 32.1 Å². The van der Waals surface area contributed by atoms with Crippen LogP contribution in [-0.2, 0) is 6.54 Å². The Kier molecular flexibility index (Phi) is 5.17. The minimum Gasteiger partial charge on any atom is -0.338 e. The zero-order chi connectivity index (χ0) is 12.8. The molecule has 0 bridgehead atoms. The van der Waals surface area contributed by atoms with Gasteiger partial charge in [0, 0.05) is 5.92 Å². The van der Waals surface area contributed by atoms with Crippen LogP contribution in [-0.4, -0.2) is 16.7 Å². The molecule has 1 aliphatic carbocycles. The van der Waals surface area contributed by atoms with Gasteiger partial charge in [0.15, 0.2) is 5.82 Å². The topological polar surface area (TPSA) is 51.0 Å². The van der Waals surface area contributed by atoms with Gasteiger partial charge in [0.25, 0.3) is 0 Å². The predicted molar refractivity (Wildman–Crippen MR) is 71.3 cm³/mol. The molecule has 0 aliphatic heterocycles. The molecule has 0 spiro atoms. The van der Waals surface area contributed by atoms with Crippen molar-refractivity contribution in [3.05, 3.63) is 11.7 Å². The summed E-state index contributed by atoms with van der Waals surface area (Å²) >= 11 is 0. The normalized spacial score (nSPS) is 24.3. The Morgan fingerprint density at radius 2 is 2.22 bits per heavy atom. The molecule has 1 saturated carbocycles. The maximum atomic E-state index is 5.31. The Morgan fingerprint density at radius 1 is 1.33 bits per heavy atom. The van der Waals surface area contributed by atoms with E-state index in [0.29, 0.717) is 12.5 Å². The summed E-state index contributed by atoms with van der Waals surface area (Å²) in [5.41, 5.74) is 0. The van der Waals surface area contributed by atoms with Crippen molar-refractivity contribution in [3.8, 4) is 0 Å². The largest absolute Gasteiger partial charge is 0.338 e. The monoisotopic (exact) mass is 251 g/mol. The molecule has 18 heavy (non-hydrogen) atoms. The number of rotatable bonds is 6. The minimum atomic E-state index is 0.521. The zero-order valence-electron chi connectivity index (χ0n) is 11.6. The lowest BCUT2D eigenvalue weighted by Gasteiger charge is -2.26. The number of hydrogen-bond acceptors (Lipinski definition) is 4. The molecule has 0 amide bonds. The van der Waals surface area contributed by atoms with E-state index in [4.69, 9.17) is 4.52 Å². The summed E-state index contributed by atoms with van der Waals surface area (Å²) < 4.78 is 5.31. The average Bonchev–Trinajstić information content (AvgIpc) is 2.88. The van der Waals surface area contributed by atoms with E-state index in [2.05, 4.69) is 29.3 Å². The second-order valence-corrected chi connectivity index (χ2v) is 5.36. The number of hydrogen-bond donors (Lipinski definition) is 1. The van der Waals surface area contributed by atoms with Crippen molar-refractivity contribution in [2.75, 3.05) is 6.54 Å². The van der Waals surface area contributed by atoms with Gasteiger partial charge in [-0.15, -0.1) is 0 Å². The van der Waals surface area contributed by atoms with E-state index in [1.54, 1.807) is 0 Å². The van der Waals surface area contributed by atoms with E-state index in [-0.39, 0.29) is 0 Å². The molecular formula is C14H25N3O. The molecule has 1 heterocycles. The van der Waals surface area contributed by atoms with Crippen LogP contribution < -0.4 is 5.32 Å². The highest BCUT2D eigenvalue weighted by Gasteiger charge is 2.25. The van der Waals surface area contributed by atoms with E-state index >= 15 is 0 Å². The summed E-state index contributed by atoms with van der Waals surface area (Å²) in [6.07, 6.45) is 7.54. The van der Waals surface area contributed by atoms with E-state index in [1.807, 2.05) is 0 Å². The second-order valence-electron chi connectivity index (χ2n) is 5.36. The Hall–Kier alpha value is -0.900. The van der Waals surface area contributed by atoms with Gasteiger partial charge in [-0.1, -0.05) is 38.3 Å². The molecule has 0 aromatic carbocycles. The Labute approximate surface area is 110 Å². The molecule has 4 nitrogen and oxygen atoms in total. The fourth-order valence-corrected chi connectivity index (χ4v) is 2.77. The Balaban J connectivity index is 1.88. The van der Waals surface area contributed by atoms with Crippen molar-refractivity contribution in [3.63, 3.8) is 0 Å². The third-order valence-electron chi connectivity index (χ3n) is 3.91. The highest BCUT2D eigenvalue weighted by molar-refractivity contribution is 4.98. The summed E-state index contributed by atoms with van der Waals surface area (Å²) in [4.78, 5) is 4.53. The molecular weight excluding hydrogens is 226 g/mol. The lowest BCUT2D eigenvalue weighted by Crippen LogP contribution is -2.16. The molecule has 102 valence electrons. The summed E-state index contributed by atoms with van der Waals surface area (Å²) in [7, 11) is 0. The summed E-state index contributed by atoms with van der Waals surface area (Å²) in [5, 5.41) is 7.45. The standard InChI is InChI=1S/C14H25N3O/c1-3-8-15-10-13-16-14(17-18-13)12-7-5-6-11(4-2)9-12/h11-12,15H,3-10H2,1-2H3.